The van der Waals surface area contributed by atoms with E-state index in [9.17, 15) is 14.4 Å². The van der Waals surface area contributed by atoms with Crippen molar-refractivity contribution in [3.63, 3.8) is 0 Å². The zero-order valence-electron chi connectivity index (χ0n) is 9.47. The maximum absolute atomic E-state index is 12.1. The lowest BCUT2D eigenvalue weighted by atomic mass is 10.1. The molecule has 0 aliphatic carbocycles. The number of hydrogen-bond donors (Lipinski definition) is 2. The summed E-state index contributed by atoms with van der Waals surface area (Å²) in [5.41, 5.74) is 7.59. The quantitative estimate of drug-likeness (QED) is 0.522. The van der Waals surface area contributed by atoms with Gasteiger partial charge in [0.1, 0.15) is 6.04 Å². The molecule has 1 atom stereocenters. The SMILES string of the molecule is Nc1ccc2c(c1)CN(C1CC(=O)NC1=O)C2=O. The van der Waals surface area contributed by atoms with Crippen LogP contribution >= 0.6 is 0 Å². The number of hydrogen-bond acceptors (Lipinski definition) is 4. The number of nitrogens with zero attached hydrogens (tertiary/aromatic N) is 1. The minimum Gasteiger partial charge on any atom is -0.399 e. The number of nitrogen functional groups attached to an aromatic ring is 1. The molecule has 3 rings (SSSR count). The minimum absolute atomic E-state index is 0.0358. The first kappa shape index (κ1) is 10.8. The number of rotatable bonds is 1. The molecule has 0 saturated carbocycles. The molecule has 1 aromatic rings. The van der Waals surface area contributed by atoms with Gasteiger partial charge in [-0.25, -0.2) is 0 Å². The molecule has 1 saturated heterocycles. The number of fused-ring (bicyclic) bond motifs is 1. The highest BCUT2D eigenvalue weighted by Gasteiger charge is 2.41. The number of carbonyl (C=O) groups is 3. The molecule has 18 heavy (non-hydrogen) atoms. The van der Waals surface area contributed by atoms with E-state index < -0.39 is 11.9 Å². The van der Waals surface area contributed by atoms with Gasteiger partial charge in [-0.05, 0) is 23.8 Å². The second-order valence-corrected chi connectivity index (χ2v) is 4.48. The Morgan fingerprint density at radius 3 is 2.72 bits per heavy atom. The first-order valence-electron chi connectivity index (χ1n) is 5.59. The van der Waals surface area contributed by atoms with Crippen LogP contribution in [-0.4, -0.2) is 28.7 Å². The molecule has 2 aliphatic heterocycles. The van der Waals surface area contributed by atoms with E-state index in [2.05, 4.69) is 5.32 Å². The Morgan fingerprint density at radius 1 is 1.28 bits per heavy atom. The van der Waals surface area contributed by atoms with Gasteiger partial charge in [0, 0.05) is 17.8 Å². The van der Waals surface area contributed by atoms with E-state index in [0.717, 1.165) is 5.56 Å². The van der Waals surface area contributed by atoms with Crippen LogP contribution in [0.4, 0.5) is 5.69 Å². The highest BCUT2D eigenvalue weighted by molar-refractivity contribution is 6.09. The largest absolute Gasteiger partial charge is 0.399 e. The number of carbonyl (C=O) groups excluding carboxylic acids is 3. The minimum atomic E-state index is -0.696. The Bertz CT molecular complexity index is 582. The first-order valence-corrected chi connectivity index (χ1v) is 5.59. The van der Waals surface area contributed by atoms with Crippen molar-refractivity contribution in [3.8, 4) is 0 Å². The van der Waals surface area contributed by atoms with Crippen molar-refractivity contribution in [2.45, 2.75) is 19.0 Å². The maximum Gasteiger partial charge on any atom is 0.255 e. The van der Waals surface area contributed by atoms with E-state index in [4.69, 9.17) is 5.73 Å². The summed E-state index contributed by atoms with van der Waals surface area (Å²) >= 11 is 0. The van der Waals surface area contributed by atoms with Gasteiger partial charge >= 0.3 is 0 Å². The molecule has 2 aliphatic rings. The molecule has 6 nitrogen and oxygen atoms in total. The van der Waals surface area contributed by atoms with Gasteiger partial charge < -0.3 is 10.6 Å². The summed E-state index contributed by atoms with van der Waals surface area (Å²) in [4.78, 5) is 36.3. The Balaban J connectivity index is 1.93. The lowest BCUT2D eigenvalue weighted by Crippen LogP contribution is -2.40. The summed E-state index contributed by atoms with van der Waals surface area (Å²) in [6.45, 7) is 0.324. The third-order valence-electron chi connectivity index (χ3n) is 3.28. The van der Waals surface area contributed by atoms with Crippen LogP contribution in [0, 0.1) is 0 Å². The van der Waals surface area contributed by atoms with Gasteiger partial charge in [0.15, 0.2) is 0 Å². The van der Waals surface area contributed by atoms with Crippen molar-refractivity contribution in [2.75, 3.05) is 5.73 Å². The summed E-state index contributed by atoms with van der Waals surface area (Å²) in [6, 6.07) is 4.34. The molecular weight excluding hydrogens is 234 g/mol. The molecule has 1 unspecified atom stereocenters. The zero-order chi connectivity index (χ0) is 12.9. The van der Waals surface area contributed by atoms with Crippen LogP contribution in [0.3, 0.4) is 0 Å². The normalized spacial score (nSPS) is 22.3. The van der Waals surface area contributed by atoms with Crippen LogP contribution < -0.4 is 11.1 Å². The van der Waals surface area contributed by atoms with Crippen LogP contribution in [-0.2, 0) is 16.1 Å². The van der Waals surface area contributed by atoms with Crippen molar-refractivity contribution in [1.29, 1.82) is 0 Å². The molecule has 92 valence electrons. The maximum atomic E-state index is 12.1. The van der Waals surface area contributed by atoms with E-state index in [1.165, 1.54) is 4.90 Å². The highest BCUT2D eigenvalue weighted by atomic mass is 16.2. The average molecular weight is 245 g/mol. The van der Waals surface area contributed by atoms with Crippen molar-refractivity contribution >= 4 is 23.4 Å². The lowest BCUT2D eigenvalue weighted by Gasteiger charge is -2.20. The smallest absolute Gasteiger partial charge is 0.255 e. The fourth-order valence-corrected chi connectivity index (χ4v) is 2.41. The monoisotopic (exact) mass is 245 g/mol. The Labute approximate surface area is 103 Å². The van der Waals surface area contributed by atoms with E-state index in [1.54, 1.807) is 18.2 Å². The van der Waals surface area contributed by atoms with Crippen LogP contribution in [0.1, 0.15) is 22.3 Å². The summed E-state index contributed by atoms with van der Waals surface area (Å²) in [5, 5.41) is 2.21. The predicted molar refractivity (Wildman–Crippen MR) is 62.3 cm³/mol. The van der Waals surface area contributed by atoms with E-state index >= 15 is 0 Å². The number of benzene rings is 1. The molecule has 6 heteroatoms. The summed E-state index contributed by atoms with van der Waals surface area (Å²) in [6.07, 6.45) is 0.0358. The first-order chi connectivity index (χ1) is 8.56. The van der Waals surface area contributed by atoms with Crippen LogP contribution in [0.25, 0.3) is 0 Å². The lowest BCUT2D eigenvalue weighted by molar-refractivity contribution is -0.126. The molecule has 3 amide bonds. The average Bonchev–Trinajstić information content (AvgIpc) is 2.79. The predicted octanol–water partition coefficient (Wildman–Crippen LogP) is -0.360. The Kier molecular flexibility index (Phi) is 2.13. The van der Waals surface area contributed by atoms with E-state index in [0.29, 0.717) is 17.8 Å². The molecule has 0 bridgehead atoms. The van der Waals surface area contributed by atoms with Crippen molar-refractivity contribution in [3.05, 3.63) is 29.3 Å². The molecule has 2 heterocycles. The van der Waals surface area contributed by atoms with Crippen LogP contribution in [0.15, 0.2) is 18.2 Å². The number of nitrogens with one attached hydrogen (secondary N) is 1. The van der Waals surface area contributed by atoms with Gasteiger partial charge in [0.2, 0.25) is 11.8 Å². The van der Waals surface area contributed by atoms with E-state index in [1.807, 2.05) is 0 Å². The molecule has 0 radical (unpaired) electrons. The summed E-state index contributed by atoms with van der Waals surface area (Å²) in [7, 11) is 0. The fourth-order valence-electron chi connectivity index (χ4n) is 2.41. The van der Waals surface area contributed by atoms with Gasteiger partial charge in [-0.2, -0.15) is 0 Å². The fraction of sp³-hybridized carbons (Fsp3) is 0.250. The zero-order valence-corrected chi connectivity index (χ0v) is 9.47. The molecule has 1 fully saturated rings. The standard InChI is InChI=1S/C12H11N3O3/c13-7-1-2-8-6(3-7)5-15(12(8)18)9-4-10(16)14-11(9)17/h1-3,9H,4-5,13H2,(H,14,16,17). The molecule has 0 aromatic heterocycles. The Morgan fingerprint density at radius 2 is 2.06 bits per heavy atom. The summed E-state index contributed by atoms with van der Waals surface area (Å²) in [5.74, 6) is -0.970. The van der Waals surface area contributed by atoms with E-state index in [-0.39, 0.29) is 18.2 Å². The second-order valence-electron chi connectivity index (χ2n) is 4.48. The van der Waals surface area contributed by atoms with Crippen molar-refractivity contribution in [1.82, 2.24) is 10.2 Å². The van der Waals surface area contributed by atoms with Gasteiger partial charge in [-0.3, -0.25) is 19.7 Å². The van der Waals surface area contributed by atoms with Gasteiger partial charge in [0.05, 0.1) is 6.42 Å². The topological polar surface area (TPSA) is 92.5 Å². The molecular formula is C12H11N3O3. The third kappa shape index (κ3) is 1.46. The van der Waals surface area contributed by atoms with Crippen molar-refractivity contribution < 1.29 is 14.4 Å². The Hall–Kier alpha value is -2.37. The molecule has 0 spiro atoms. The highest BCUT2D eigenvalue weighted by Crippen LogP contribution is 2.28. The number of imide groups is 1. The number of amides is 3. The molecule has 3 N–H and O–H groups in total. The number of nitrogens with two attached hydrogens (primary N) is 1. The van der Waals surface area contributed by atoms with Crippen LogP contribution in [0.5, 0.6) is 0 Å². The van der Waals surface area contributed by atoms with Gasteiger partial charge in [-0.1, -0.05) is 0 Å². The number of anilines is 1. The van der Waals surface area contributed by atoms with Gasteiger partial charge in [-0.15, -0.1) is 0 Å². The molecule has 1 aromatic carbocycles. The third-order valence-corrected chi connectivity index (χ3v) is 3.28. The van der Waals surface area contributed by atoms with Crippen molar-refractivity contribution in [2.24, 2.45) is 0 Å². The second kappa shape index (κ2) is 3.56. The summed E-state index contributed by atoms with van der Waals surface area (Å²) < 4.78 is 0. The van der Waals surface area contributed by atoms with Crippen LogP contribution in [0.2, 0.25) is 0 Å². The van der Waals surface area contributed by atoms with Gasteiger partial charge in [0.25, 0.3) is 5.91 Å².